The van der Waals surface area contributed by atoms with Crippen LogP contribution in [0.15, 0.2) is 24.7 Å². The number of aromatic nitrogens is 3. The van der Waals surface area contributed by atoms with Crippen LogP contribution >= 0.6 is 0 Å². The lowest BCUT2D eigenvalue weighted by Crippen LogP contribution is -2.34. The maximum Gasteiger partial charge on any atom is 0.222 e. The Hall–Kier alpha value is -2.74. The predicted octanol–water partition coefficient (Wildman–Crippen LogP) is 2.01. The normalized spacial score (nSPS) is 14.8. The van der Waals surface area contributed by atoms with Crippen LogP contribution in [0.4, 0.5) is 17.3 Å². The smallest absolute Gasteiger partial charge is 0.222 e. The number of amides is 1. The zero-order chi connectivity index (χ0) is 17.6. The number of nitrogens with one attached hydrogen (secondary N) is 3. The molecule has 0 unspecified atom stereocenters. The highest BCUT2D eigenvalue weighted by Crippen LogP contribution is 2.23. The molecule has 0 bridgehead atoms. The van der Waals surface area contributed by atoms with E-state index in [9.17, 15) is 4.79 Å². The Morgan fingerprint density at radius 3 is 2.72 bits per heavy atom. The number of hydrogen-bond acceptors (Lipinski definition) is 7. The lowest BCUT2D eigenvalue weighted by Gasteiger charge is -2.23. The topological polar surface area (TPSA) is 101 Å². The molecule has 1 saturated heterocycles. The first-order valence-corrected chi connectivity index (χ1v) is 8.31. The van der Waals surface area contributed by atoms with Gasteiger partial charge < -0.3 is 20.7 Å². The van der Waals surface area contributed by atoms with Crippen molar-refractivity contribution in [2.45, 2.75) is 32.8 Å². The molecule has 0 saturated carbocycles. The zero-order valence-corrected chi connectivity index (χ0v) is 14.4. The number of nitrogens with zero attached hydrogens (tertiary/aromatic N) is 3. The maximum atomic E-state index is 11.1. The number of anilines is 3. The molecule has 3 rings (SSSR count). The highest BCUT2D eigenvalue weighted by molar-refractivity contribution is 5.87. The molecule has 0 spiro atoms. The van der Waals surface area contributed by atoms with Crippen molar-refractivity contribution in [2.75, 3.05) is 23.7 Å². The van der Waals surface area contributed by atoms with Crippen LogP contribution in [-0.2, 0) is 4.79 Å². The van der Waals surface area contributed by atoms with E-state index in [1.165, 1.54) is 13.3 Å². The molecule has 1 aliphatic heterocycles. The van der Waals surface area contributed by atoms with Gasteiger partial charge in [-0.05, 0) is 44.5 Å². The van der Waals surface area contributed by atoms with Gasteiger partial charge in [-0.1, -0.05) is 0 Å². The SMILES string of the molecule is CC(=O)Nc1cc(C)c(Nc2cc(OC3CCNCC3)ncn2)cn1. The van der Waals surface area contributed by atoms with Crippen molar-refractivity contribution in [3.8, 4) is 5.88 Å². The number of carbonyl (C=O) groups is 1. The van der Waals surface area contributed by atoms with Gasteiger partial charge in [0, 0.05) is 13.0 Å². The van der Waals surface area contributed by atoms with E-state index in [1.54, 1.807) is 18.3 Å². The standard InChI is InChI=1S/C17H22N6O2/c1-11-7-15(22-12(2)24)19-9-14(11)23-16-8-17(21-10-20-16)25-13-3-5-18-6-4-13/h7-10,13,18H,3-6H2,1-2H3,(H,19,22,24)(H,20,21,23). The molecule has 2 aromatic heterocycles. The molecule has 2 aromatic rings. The fourth-order valence-corrected chi connectivity index (χ4v) is 2.63. The summed E-state index contributed by atoms with van der Waals surface area (Å²) in [4.78, 5) is 23.7. The van der Waals surface area contributed by atoms with E-state index in [-0.39, 0.29) is 12.0 Å². The van der Waals surface area contributed by atoms with Crippen LogP contribution < -0.4 is 20.7 Å². The quantitative estimate of drug-likeness (QED) is 0.764. The predicted molar refractivity (Wildman–Crippen MR) is 95.1 cm³/mol. The van der Waals surface area contributed by atoms with Gasteiger partial charge in [-0.25, -0.2) is 15.0 Å². The fourth-order valence-electron chi connectivity index (χ4n) is 2.63. The molecule has 0 aromatic carbocycles. The Balaban J connectivity index is 1.68. The third-order valence-corrected chi connectivity index (χ3v) is 3.89. The van der Waals surface area contributed by atoms with Crippen LogP contribution in [0.5, 0.6) is 5.88 Å². The molecule has 3 N–H and O–H groups in total. The van der Waals surface area contributed by atoms with Gasteiger partial charge in [0.25, 0.3) is 0 Å². The Labute approximate surface area is 146 Å². The number of hydrogen-bond donors (Lipinski definition) is 3. The number of ether oxygens (including phenoxy) is 1. The largest absolute Gasteiger partial charge is 0.474 e. The van der Waals surface area contributed by atoms with E-state index in [1.807, 2.05) is 6.92 Å². The molecule has 8 nitrogen and oxygen atoms in total. The van der Waals surface area contributed by atoms with E-state index in [2.05, 4.69) is 30.9 Å². The monoisotopic (exact) mass is 342 g/mol. The minimum Gasteiger partial charge on any atom is -0.474 e. The highest BCUT2D eigenvalue weighted by Gasteiger charge is 2.15. The van der Waals surface area contributed by atoms with Crippen LogP contribution in [0.25, 0.3) is 0 Å². The molecule has 0 radical (unpaired) electrons. The Kier molecular flexibility index (Phi) is 5.39. The van der Waals surface area contributed by atoms with Crippen molar-refractivity contribution < 1.29 is 9.53 Å². The van der Waals surface area contributed by atoms with Gasteiger partial charge in [-0.2, -0.15) is 0 Å². The van der Waals surface area contributed by atoms with E-state index in [4.69, 9.17) is 4.74 Å². The van der Waals surface area contributed by atoms with Gasteiger partial charge in [0.1, 0.15) is 24.1 Å². The van der Waals surface area contributed by atoms with Crippen molar-refractivity contribution in [1.82, 2.24) is 20.3 Å². The van der Waals surface area contributed by atoms with Gasteiger partial charge in [-0.15, -0.1) is 0 Å². The first kappa shape index (κ1) is 17.1. The zero-order valence-electron chi connectivity index (χ0n) is 14.4. The molecule has 0 aliphatic carbocycles. The third-order valence-electron chi connectivity index (χ3n) is 3.89. The molecule has 1 aliphatic rings. The molecule has 25 heavy (non-hydrogen) atoms. The molecular formula is C17H22N6O2. The number of rotatable bonds is 5. The number of aryl methyl sites for hydroxylation is 1. The second-order valence-electron chi connectivity index (χ2n) is 6.00. The van der Waals surface area contributed by atoms with E-state index >= 15 is 0 Å². The van der Waals surface area contributed by atoms with Crippen LogP contribution in [0.2, 0.25) is 0 Å². The molecule has 8 heteroatoms. The van der Waals surface area contributed by atoms with Crippen molar-refractivity contribution in [1.29, 1.82) is 0 Å². The van der Waals surface area contributed by atoms with Crippen molar-refractivity contribution in [2.24, 2.45) is 0 Å². The lowest BCUT2D eigenvalue weighted by molar-refractivity contribution is -0.114. The minimum atomic E-state index is -0.150. The van der Waals surface area contributed by atoms with Crippen LogP contribution in [0.1, 0.15) is 25.3 Å². The summed E-state index contributed by atoms with van der Waals surface area (Å²) in [5.74, 6) is 1.57. The lowest BCUT2D eigenvalue weighted by atomic mass is 10.1. The van der Waals surface area contributed by atoms with Gasteiger partial charge in [0.2, 0.25) is 11.8 Å². The second-order valence-corrected chi connectivity index (χ2v) is 6.00. The molecule has 3 heterocycles. The van der Waals surface area contributed by atoms with Gasteiger partial charge in [0.15, 0.2) is 0 Å². The summed E-state index contributed by atoms with van der Waals surface area (Å²) in [6.45, 7) is 5.32. The van der Waals surface area contributed by atoms with Crippen LogP contribution in [-0.4, -0.2) is 40.1 Å². The Morgan fingerprint density at radius 2 is 2.00 bits per heavy atom. The summed E-state index contributed by atoms with van der Waals surface area (Å²) >= 11 is 0. The van der Waals surface area contributed by atoms with Gasteiger partial charge >= 0.3 is 0 Å². The first-order chi connectivity index (χ1) is 12.1. The summed E-state index contributed by atoms with van der Waals surface area (Å²) in [7, 11) is 0. The molecule has 1 amide bonds. The second kappa shape index (κ2) is 7.89. The summed E-state index contributed by atoms with van der Waals surface area (Å²) in [6.07, 6.45) is 5.27. The molecule has 0 atom stereocenters. The minimum absolute atomic E-state index is 0.150. The third kappa shape index (κ3) is 4.87. The van der Waals surface area contributed by atoms with Crippen LogP contribution in [0.3, 0.4) is 0 Å². The van der Waals surface area contributed by atoms with E-state index in [0.717, 1.165) is 37.2 Å². The fraction of sp³-hybridized carbons (Fsp3) is 0.412. The summed E-state index contributed by atoms with van der Waals surface area (Å²) in [5.41, 5.74) is 1.75. The van der Waals surface area contributed by atoms with Gasteiger partial charge in [0.05, 0.1) is 11.9 Å². The Bertz CT molecular complexity index is 746. The van der Waals surface area contributed by atoms with Crippen LogP contribution in [0, 0.1) is 6.92 Å². The first-order valence-electron chi connectivity index (χ1n) is 8.31. The molecule has 1 fully saturated rings. The average Bonchev–Trinajstić information content (AvgIpc) is 2.58. The van der Waals surface area contributed by atoms with Crippen molar-refractivity contribution >= 4 is 23.2 Å². The average molecular weight is 342 g/mol. The summed E-state index contributed by atoms with van der Waals surface area (Å²) in [6, 6.07) is 3.58. The highest BCUT2D eigenvalue weighted by atomic mass is 16.5. The molecule has 132 valence electrons. The van der Waals surface area contributed by atoms with Crippen molar-refractivity contribution in [3.05, 3.63) is 30.2 Å². The van der Waals surface area contributed by atoms with E-state index in [0.29, 0.717) is 17.5 Å². The Morgan fingerprint density at radius 1 is 1.20 bits per heavy atom. The number of carbonyl (C=O) groups excluding carboxylic acids is 1. The number of piperidine rings is 1. The van der Waals surface area contributed by atoms with E-state index < -0.39 is 0 Å². The maximum absolute atomic E-state index is 11.1. The molecular weight excluding hydrogens is 320 g/mol. The summed E-state index contributed by atoms with van der Waals surface area (Å²) < 4.78 is 5.93. The van der Waals surface area contributed by atoms with Crippen molar-refractivity contribution in [3.63, 3.8) is 0 Å². The van der Waals surface area contributed by atoms with Gasteiger partial charge in [-0.3, -0.25) is 4.79 Å². The summed E-state index contributed by atoms with van der Waals surface area (Å²) in [5, 5.41) is 9.18. The number of pyridine rings is 1.